The Labute approximate surface area is 88.5 Å². The van der Waals surface area contributed by atoms with Gasteiger partial charge in [0.25, 0.3) is 11.7 Å². The average Bonchev–Trinajstić information content (AvgIpc) is 2.49. The van der Waals surface area contributed by atoms with E-state index in [4.69, 9.17) is 0 Å². The normalized spacial score (nSPS) is 14.0. The van der Waals surface area contributed by atoms with Crippen molar-refractivity contribution in [2.24, 2.45) is 0 Å². The molecule has 3 nitrogen and oxygen atoms in total. The second-order valence-corrected chi connectivity index (χ2v) is 3.82. The number of fused-ring (bicyclic) bond motifs is 1. The van der Waals surface area contributed by atoms with E-state index in [0.29, 0.717) is 11.3 Å². The molecule has 0 fully saturated rings. The van der Waals surface area contributed by atoms with E-state index in [-0.39, 0.29) is 0 Å². The molecule has 1 N–H and O–H groups in total. The molecule has 15 heavy (non-hydrogen) atoms. The summed E-state index contributed by atoms with van der Waals surface area (Å²) in [6.07, 6.45) is 1.81. The highest BCUT2D eigenvalue weighted by atomic mass is 16.2. The van der Waals surface area contributed by atoms with Crippen LogP contribution >= 0.6 is 0 Å². The fourth-order valence-corrected chi connectivity index (χ4v) is 1.98. The fraction of sp³-hybridized carbons (Fsp3) is 0.333. The van der Waals surface area contributed by atoms with Crippen LogP contribution in [0.1, 0.15) is 34.8 Å². The summed E-state index contributed by atoms with van der Waals surface area (Å²) in [7, 11) is 0. The number of rotatable bonds is 2. The predicted octanol–water partition coefficient (Wildman–Crippen LogP) is 2.08. The molecule has 0 saturated heterocycles. The molecule has 0 atom stereocenters. The van der Waals surface area contributed by atoms with E-state index in [0.717, 1.165) is 24.0 Å². The third-order valence-corrected chi connectivity index (χ3v) is 2.73. The summed E-state index contributed by atoms with van der Waals surface area (Å²) >= 11 is 0. The number of aryl methyl sites for hydroxylation is 1. The van der Waals surface area contributed by atoms with Crippen molar-refractivity contribution in [1.82, 2.24) is 0 Å². The molecule has 0 radical (unpaired) electrons. The molecule has 0 spiro atoms. The zero-order valence-electron chi connectivity index (χ0n) is 8.89. The summed E-state index contributed by atoms with van der Waals surface area (Å²) in [6, 6.07) is 3.75. The fourth-order valence-electron chi connectivity index (χ4n) is 1.98. The van der Waals surface area contributed by atoms with Crippen LogP contribution in [0.3, 0.4) is 0 Å². The van der Waals surface area contributed by atoms with Gasteiger partial charge in [0, 0.05) is 0 Å². The van der Waals surface area contributed by atoms with Gasteiger partial charge in [-0.1, -0.05) is 19.4 Å². The average molecular weight is 203 g/mol. The van der Waals surface area contributed by atoms with Crippen molar-refractivity contribution in [3.8, 4) is 0 Å². The lowest BCUT2D eigenvalue weighted by atomic mass is 9.95. The minimum absolute atomic E-state index is 0.392. The number of ketones is 1. The third kappa shape index (κ3) is 1.44. The van der Waals surface area contributed by atoms with E-state index in [9.17, 15) is 9.59 Å². The first kappa shape index (κ1) is 9.90. The Morgan fingerprint density at radius 3 is 2.67 bits per heavy atom. The maximum absolute atomic E-state index is 11.6. The Balaban J connectivity index is 2.60. The zero-order chi connectivity index (χ0) is 11.0. The van der Waals surface area contributed by atoms with Crippen LogP contribution in [0.5, 0.6) is 0 Å². The van der Waals surface area contributed by atoms with Crippen molar-refractivity contribution < 1.29 is 9.59 Å². The standard InChI is InChI=1S/C12H13NO2/c1-3-4-8-7(2)5-6-9-10(8)11(14)12(15)13-9/h5-6H,3-4H2,1-2H3,(H,13,14,15). The van der Waals surface area contributed by atoms with Gasteiger partial charge in [-0.2, -0.15) is 0 Å². The van der Waals surface area contributed by atoms with Crippen LogP contribution in [0.25, 0.3) is 0 Å². The van der Waals surface area contributed by atoms with Crippen molar-refractivity contribution in [3.63, 3.8) is 0 Å². The summed E-state index contributed by atoms with van der Waals surface area (Å²) in [6.45, 7) is 4.04. The molecule has 3 heteroatoms. The first-order valence-electron chi connectivity index (χ1n) is 5.13. The SMILES string of the molecule is CCCc1c(C)ccc2c1C(=O)C(=O)N2. The van der Waals surface area contributed by atoms with Gasteiger partial charge in [0.1, 0.15) is 0 Å². The number of amides is 1. The molecule has 78 valence electrons. The van der Waals surface area contributed by atoms with Crippen LogP contribution in [0, 0.1) is 6.92 Å². The summed E-state index contributed by atoms with van der Waals surface area (Å²) < 4.78 is 0. The highest BCUT2D eigenvalue weighted by molar-refractivity contribution is 6.52. The molecule has 1 amide bonds. The molecule has 0 aromatic heterocycles. The topological polar surface area (TPSA) is 46.2 Å². The van der Waals surface area contributed by atoms with Crippen molar-refractivity contribution in [1.29, 1.82) is 0 Å². The summed E-state index contributed by atoms with van der Waals surface area (Å²) in [5, 5.41) is 2.58. The Bertz CT molecular complexity index is 449. The van der Waals surface area contributed by atoms with Crippen molar-refractivity contribution >= 4 is 17.4 Å². The Morgan fingerprint density at radius 1 is 1.27 bits per heavy atom. The molecule has 1 aromatic carbocycles. The Kier molecular flexibility index (Phi) is 2.31. The van der Waals surface area contributed by atoms with Crippen molar-refractivity contribution in [3.05, 3.63) is 28.8 Å². The zero-order valence-corrected chi connectivity index (χ0v) is 8.89. The number of carbonyl (C=O) groups is 2. The number of anilines is 1. The highest BCUT2D eigenvalue weighted by Gasteiger charge is 2.30. The molecule has 1 aromatic rings. The molecule has 0 aliphatic carbocycles. The van der Waals surface area contributed by atoms with E-state index >= 15 is 0 Å². The van der Waals surface area contributed by atoms with Crippen LogP contribution in [0.4, 0.5) is 5.69 Å². The lowest BCUT2D eigenvalue weighted by molar-refractivity contribution is -0.112. The van der Waals surface area contributed by atoms with Gasteiger partial charge in [-0.05, 0) is 30.5 Å². The van der Waals surface area contributed by atoms with Gasteiger partial charge in [-0.3, -0.25) is 9.59 Å². The molecule has 1 heterocycles. The van der Waals surface area contributed by atoms with E-state index in [2.05, 4.69) is 12.2 Å². The molecule has 2 rings (SSSR count). The summed E-state index contributed by atoms with van der Waals surface area (Å²) in [5.74, 6) is -0.898. The van der Waals surface area contributed by atoms with E-state index in [1.807, 2.05) is 13.0 Å². The van der Waals surface area contributed by atoms with Gasteiger partial charge >= 0.3 is 0 Å². The molecule has 0 bridgehead atoms. The number of benzene rings is 1. The number of Topliss-reactive ketones (excluding diaryl/α,β-unsaturated/α-hetero) is 1. The summed E-state index contributed by atoms with van der Waals surface area (Å²) in [5.41, 5.74) is 3.35. The maximum Gasteiger partial charge on any atom is 0.296 e. The van der Waals surface area contributed by atoms with E-state index in [1.165, 1.54) is 0 Å². The Morgan fingerprint density at radius 2 is 2.00 bits per heavy atom. The van der Waals surface area contributed by atoms with Crippen molar-refractivity contribution in [2.45, 2.75) is 26.7 Å². The molecule has 1 aliphatic heterocycles. The molecule has 0 saturated carbocycles. The van der Waals surface area contributed by atoms with E-state index < -0.39 is 11.7 Å². The van der Waals surface area contributed by atoms with Gasteiger partial charge in [0.15, 0.2) is 0 Å². The Hall–Kier alpha value is -1.64. The third-order valence-electron chi connectivity index (χ3n) is 2.73. The monoisotopic (exact) mass is 203 g/mol. The van der Waals surface area contributed by atoms with Gasteiger partial charge in [-0.25, -0.2) is 0 Å². The van der Waals surface area contributed by atoms with E-state index in [1.54, 1.807) is 6.07 Å². The minimum atomic E-state index is -0.507. The number of hydrogen-bond acceptors (Lipinski definition) is 2. The minimum Gasteiger partial charge on any atom is -0.318 e. The predicted molar refractivity (Wildman–Crippen MR) is 58.1 cm³/mol. The van der Waals surface area contributed by atoms with Crippen LogP contribution < -0.4 is 5.32 Å². The molecule has 1 aliphatic rings. The first-order chi connectivity index (χ1) is 7.15. The molecular weight excluding hydrogens is 190 g/mol. The van der Waals surface area contributed by atoms with Crippen LogP contribution in [-0.4, -0.2) is 11.7 Å². The number of nitrogens with one attached hydrogen (secondary N) is 1. The number of hydrogen-bond donors (Lipinski definition) is 1. The quantitative estimate of drug-likeness (QED) is 0.748. The van der Waals surface area contributed by atoms with Crippen LogP contribution in [-0.2, 0) is 11.2 Å². The van der Waals surface area contributed by atoms with Gasteiger partial charge in [0.2, 0.25) is 0 Å². The smallest absolute Gasteiger partial charge is 0.296 e. The van der Waals surface area contributed by atoms with Crippen LogP contribution in [0.15, 0.2) is 12.1 Å². The van der Waals surface area contributed by atoms with Crippen LogP contribution in [0.2, 0.25) is 0 Å². The second-order valence-electron chi connectivity index (χ2n) is 3.82. The van der Waals surface area contributed by atoms with Gasteiger partial charge < -0.3 is 5.32 Å². The van der Waals surface area contributed by atoms with Gasteiger partial charge in [-0.15, -0.1) is 0 Å². The van der Waals surface area contributed by atoms with Crippen molar-refractivity contribution in [2.75, 3.05) is 5.32 Å². The lowest BCUT2D eigenvalue weighted by Crippen LogP contribution is -2.13. The summed E-state index contributed by atoms with van der Waals surface area (Å²) in [4.78, 5) is 22.9. The largest absolute Gasteiger partial charge is 0.318 e. The molecular formula is C12H13NO2. The number of carbonyl (C=O) groups excluding carboxylic acids is 2. The lowest BCUT2D eigenvalue weighted by Gasteiger charge is -2.08. The molecule has 0 unspecified atom stereocenters. The maximum atomic E-state index is 11.6. The second kappa shape index (κ2) is 3.50. The highest BCUT2D eigenvalue weighted by Crippen LogP contribution is 2.29. The first-order valence-corrected chi connectivity index (χ1v) is 5.13. The van der Waals surface area contributed by atoms with Gasteiger partial charge in [0.05, 0.1) is 11.3 Å².